The standard InChI is InChI=1S/C28H27F2N5O4/c1-3-39-28(37)19-15-20(36)22-25(34-16-6-10-18(38-2)11-7-16)23(29)26(24(30)27(22)35(19)17-8-9-17)33-14-13-32-21-5-4-12-31-21/h4-7,10-12,15,17H,3,8-9,13-14H2,1-2H3,(H2,33,34,36)/p+1. The molecule has 9 nitrogen and oxygen atoms in total. The number of hydrogen-bond donors (Lipinski definition) is 3. The molecule has 1 aliphatic heterocycles. The maximum Gasteiger partial charge on any atom is 0.367 e. The summed E-state index contributed by atoms with van der Waals surface area (Å²) in [5, 5.41) is 8.66. The van der Waals surface area contributed by atoms with E-state index in [2.05, 4.69) is 20.6 Å². The van der Waals surface area contributed by atoms with E-state index in [0.717, 1.165) is 6.07 Å². The number of hydrogen-bond acceptors (Lipinski definition) is 7. The van der Waals surface area contributed by atoms with Gasteiger partial charge in [-0.3, -0.25) is 10.1 Å². The molecule has 0 unspecified atom stereocenters. The predicted octanol–water partition coefficient (Wildman–Crippen LogP) is 3.65. The van der Waals surface area contributed by atoms with Crippen molar-refractivity contribution in [1.82, 2.24) is 14.6 Å². The summed E-state index contributed by atoms with van der Waals surface area (Å²) < 4.78 is 48.2. The van der Waals surface area contributed by atoms with E-state index in [9.17, 15) is 9.59 Å². The maximum absolute atomic E-state index is 16.2. The Morgan fingerprint density at radius 2 is 1.85 bits per heavy atom. The van der Waals surface area contributed by atoms with Crippen LogP contribution in [0.25, 0.3) is 10.9 Å². The number of ether oxygens (including phenoxy) is 2. The van der Waals surface area contributed by atoms with Gasteiger partial charge in [0.1, 0.15) is 23.7 Å². The molecular weight excluding hydrogens is 508 g/mol. The first-order valence-electron chi connectivity index (χ1n) is 12.7. The number of methoxy groups -OCH3 is 1. The first-order valence-corrected chi connectivity index (χ1v) is 12.7. The van der Waals surface area contributed by atoms with E-state index in [1.54, 1.807) is 49.6 Å². The van der Waals surface area contributed by atoms with Crippen LogP contribution in [0, 0.1) is 11.6 Å². The molecule has 1 aliphatic carbocycles. The van der Waals surface area contributed by atoms with Crippen molar-refractivity contribution in [3.63, 3.8) is 0 Å². The molecule has 202 valence electrons. The molecule has 0 amide bonds. The molecule has 3 aromatic rings. The fourth-order valence-corrected chi connectivity index (χ4v) is 4.48. The van der Waals surface area contributed by atoms with Gasteiger partial charge in [0.15, 0.2) is 23.3 Å². The van der Waals surface area contributed by atoms with E-state index in [1.807, 2.05) is 0 Å². The van der Waals surface area contributed by atoms with E-state index >= 15 is 8.78 Å². The highest BCUT2D eigenvalue weighted by Gasteiger charge is 2.34. The number of carbonyl (C=O) groups excluding carboxylic acids is 1. The Kier molecular flexibility index (Phi) is 7.33. The van der Waals surface area contributed by atoms with Crippen LogP contribution in [0.3, 0.4) is 0 Å². The van der Waals surface area contributed by atoms with Crippen molar-refractivity contribution in [2.24, 2.45) is 0 Å². The summed E-state index contributed by atoms with van der Waals surface area (Å²) in [6.07, 6.45) is 6.55. The zero-order valence-electron chi connectivity index (χ0n) is 21.5. The SMILES string of the molecule is CCOC(=O)c1cc(=O)c2c(Nc3ccc(OC)cc3)c(F)c(NCCNC3=[N+]=CC=C3)c(F)c2n1C1CC1. The van der Waals surface area contributed by atoms with Crippen molar-refractivity contribution in [3.8, 4) is 5.75 Å². The summed E-state index contributed by atoms with van der Waals surface area (Å²) in [4.78, 5) is 26.2. The highest BCUT2D eigenvalue weighted by atomic mass is 19.1. The van der Waals surface area contributed by atoms with Gasteiger partial charge in [0.05, 0.1) is 36.9 Å². The van der Waals surface area contributed by atoms with Crippen LogP contribution < -0.4 is 30.8 Å². The van der Waals surface area contributed by atoms with Gasteiger partial charge in [0.2, 0.25) is 0 Å². The van der Waals surface area contributed by atoms with Gasteiger partial charge in [-0.05, 0) is 44.0 Å². The average molecular weight is 537 g/mol. The maximum atomic E-state index is 16.2. The second-order valence-corrected chi connectivity index (χ2v) is 9.05. The van der Waals surface area contributed by atoms with Gasteiger partial charge in [-0.25, -0.2) is 18.2 Å². The average Bonchev–Trinajstić information content (AvgIpc) is 3.64. The third-order valence-electron chi connectivity index (χ3n) is 6.41. The fraction of sp³-hybridized carbons (Fsp3) is 0.286. The summed E-state index contributed by atoms with van der Waals surface area (Å²) in [7, 11) is 1.53. The van der Waals surface area contributed by atoms with Crippen LogP contribution in [0.1, 0.15) is 36.3 Å². The van der Waals surface area contributed by atoms with Gasteiger partial charge in [-0.15, -0.1) is 0 Å². The molecule has 2 aliphatic rings. The summed E-state index contributed by atoms with van der Waals surface area (Å²) in [6.45, 7) is 2.21. The highest BCUT2D eigenvalue weighted by Crippen LogP contribution is 2.43. The van der Waals surface area contributed by atoms with Gasteiger partial charge in [0.25, 0.3) is 0 Å². The minimum absolute atomic E-state index is 0.0624. The van der Waals surface area contributed by atoms with E-state index in [-0.39, 0.29) is 41.5 Å². The minimum atomic E-state index is -0.954. The summed E-state index contributed by atoms with van der Waals surface area (Å²) >= 11 is 0. The number of fused-ring (bicyclic) bond motifs is 1. The second-order valence-electron chi connectivity index (χ2n) is 9.05. The highest BCUT2D eigenvalue weighted by molar-refractivity contribution is 6.02. The van der Waals surface area contributed by atoms with Crippen LogP contribution in [-0.2, 0) is 4.74 Å². The molecule has 11 heteroatoms. The van der Waals surface area contributed by atoms with Crippen LogP contribution in [0.15, 0.2) is 47.3 Å². The Balaban J connectivity index is 1.65. The summed E-state index contributed by atoms with van der Waals surface area (Å²) in [5.41, 5.74) is -1.06. The number of pyridine rings is 1. The van der Waals surface area contributed by atoms with Crippen molar-refractivity contribution in [2.75, 3.05) is 37.4 Å². The smallest absolute Gasteiger partial charge is 0.367 e. The summed E-state index contributed by atoms with van der Waals surface area (Å²) in [5.74, 6) is -1.42. The van der Waals surface area contributed by atoms with Crippen LogP contribution in [-0.4, -0.2) is 49.4 Å². The van der Waals surface area contributed by atoms with E-state index < -0.39 is 28.7 Å². The van der Waals surface area contributed by atoms with Gasteiger partial charge in [-0.2, -0.15) is 0 Å². The number of amidine groups is 1. The minimum Gasteiger partial charge on any atom is -0.497 e. The summed E-state index contributed by atoms with van der Waals surface area (Å²) in [6, 6.07) is 7.54. The Morgan fingerprint density at radius 3 is 2.49 bits per heavy atom. The number of carbonyl (C=O) groups is 1. The molecule has 2 heterocycles. The normalized spacial score (nSPS) is 13.9. The molecule has 1 saturated carbocycles. The predicted molar refractivity (Wildman–Crippen MR) is 147 cm³/mol. The van der Waals surface area contributed by atoms with Gasteiger partial charge in [-0.1, -0.05) is 0 Å². The van der Waals surface area contributed by atoms with Crippen LogP contribution in [0.2, 0.25) is 0 Å². The largest absolute Gasteiger partial charge is 0.497 e. The van der Waals surface area contributed by atoms with Crippen molar-refractivity contribution in [3.05, 3.63) is 70.0 Å². The van der Waals surface area contributed by atoms with Gasteiger partial charge >= 0.3 is 11.8 Å². The molecule has 1 fully saturated rings. The topological polar surface area (TPSA) is 108 Å². The lowest BCUT2D eigenvalue weighted by molar-refractivity contribution is 0.0513. The number of nitrogens with zero attached hydrogens (tertiary/aromatic N) is 2. The van der Waals surface area contributed by atoms with Crippen molar-refractivity contribution in [2.45, 2.75) is 25.8 Å². The second kappa shape index (κ2) is 11.0. The lowest BCUT2D eigenvalue weighted by Gasteiger charge is -2.21. The van der Waals surface area contributed by atoms with E-state index in [0.29, 0.717) is 36.7 Å². The zero-order chi connectivity index (χ0) is 27.5. The molecule has 39 heavy (non-hydrogen) atoms. The van der Waals surface area contributed by atoms with E-state index in [1.165, 1.54) is 11.7 Å². The third kappa shape index (κ3) is 5.21. The Morgan fingerprint density at radius 1 is 1.10 bits per heavy atom. The molecule has 1 aromatic heterocycles. The molecule has 3 N–H and O–H groups in total. The quantitative estimate of drug-likeness (QED) is 0.206. The van der Waals surface area contributed by atoms with Gasteiger partial charge in [0, 0.05) is 29.9 Å². The van der Waals surface area contributed by atoms with E-state index in [4.69, 9.17) is 9.47 Å². The number of aromatic nitrogens is 1. The lowest BCUT2D eigenvalue weighted by atomic mass is 10.1. The first kappa shape index (κ1) is 26.0. The molecule has 0 bridgehead atoms. The molecule has 0 atom stereocenters. The number of benzene rings is 2. The van der Waals surface area contributed by atoms with Crippen LogP contribution in [0.4, 0.5) is 25.8 Å². The molecular formula is C28H28F2N5O4+. The van der Waals surface area contributed by atoms with Gasteiger partial charge < -0.3 is 24.7 Å². The van der Waals surface area contributed by atoms with Crippen molar-refractivity contribution < 1.29 is 23.0 Å². The number of nitrogens with one attached hydrogen (secondary N) is 3. The van der Waals surface area contributed by atoms with Crippen LogP contribution >= 0.6 is 0 Å². The Labute approximate surface area is 222 Å². The fourth-order valence-electron chi connectivity index (χ4n) is 4.48. The molecule has 0 spiro atoms. The zero-order valence-corrected chi connectivity index (χ0v) is 21.5. The molecule has 5 rings (SSSR count). The molecule has 2 aromatic carbocycles. The molecule has 0 radical (unpaired) electrons. The Hall–Kier alpha value is -4.63. The van der Waals surface area contributed by atoms with Crippen molar-refractivity contribution >= 4 is 46.0 Å². The number of rotatable bonds is 10. The molecule has 0 saturated heterocycles. The number of allylic oxidation sites excluding steroid dienone is 1. The lowest BCUT2D eigenvalue weighted by Crippen LogP contribution is -2.28. The number of anilines is 3. The third-order valence-corrected chi connectivity index (χ3v) is 6.41. The first-order chi connectivity index (χ1) is 18.9. The Bertz CT molecular complexity index is 1590. The van der Waals surface area contributed by atoms with Crippen molar-refractivity contribution in [1.29, 1.82) is 0 Å². The number of esters is 1. The van der Waals surface area contributed by atoms with Crippen LogP contribution in [0.5, 0.6) is 5.75 Å². The number of halogens is 2. The monoisotopic (exact) mass is 536 g/mol.